The van der Waals surface area contributed by atoms with Crippen LogP contribution in [0.2, 0.25) is 0 Å². The second-order valence-corrected chi connectivity index (χ2v) is 3.80. The predicted molar refractivity (Wildman–Crippen MR) is 40.1 cm³/mol. The highest BCUT2D eigenvalue weighted by molar-refractivity contribution is 7.85. The molecule has 0 saturated carbocycles. The van der Waals surface area contributed by atoms with Gasteiger partial charge in [-0.3, -0.25) is 4.55 Å². The van der Waals surface area contributed by atoms with Crippen LogP contribution in [0.25, 0.3) is 0 Å². The summed E-state index contributed by atoms with van der Waals surface area (Å²) in [4.78, 5) is 2.55. The van der Waals surface area contributed by atoms with Crippen molar-refractivity contribution >= 4 is 10.1 Å². The molecule has 0 bridgehead atoms. The Morgan fingerprint density at radius 3 is 2.18 bits per heavy atom. The largest absolute Gasteiger partial charge is 0.348 e. The van der Waals surface area contributed by atoms with Crippen LogP contribution in [0.5, 0.6) is 0 Å². The van der Waals surface area contributed by atoms with Crippen LogP contribution < -0.4 is 0 Å². The number of H-pyrrole nitrogens is 1. The van der Waals surface area contributed by atoms with Crippen molar-refractivity contribution < 1.29 is 13.0 Å². The highest BCUT2D eigenvalue weighted by atomic mass is 32.2. The fourth-order valence-electron chi connectivity index (χ4n) is 0.972. The van der Waals surface area contributed by atoms with Gasteiger partial charge in [-0.1, -0.05) is 0 Å². The Labute approximate surface area is 65.0 Å². The van der Waals surface area contributed by atoms with E-state index >= 15 is 0 Å². The summed E-state index contributed by atoms with van der Waals surface area (Å²) in [6, 6.07) is 1.66. The number of hydrogen-bond donors (Lipinski definition) is 2. The lowest BCUT2D eigenvalue weighted by Gasteiger charge is -1.92. The van der Waals surface area contributed by atoms with E-state index in [1.807, 2.05) is 0 Å². The topological polar surface area (TPSA) is 70.2 Å². The van der Waals surface area contributed by atoms with Crippen LogP contribution in [0.1, 0.15) is 11.3 Å². The van der Waals surface area contributed by atoms with E-state index in [2.05, 4.69) is 4.98 Å². The van der Waals surface area contributed by atoms with Gasteiger partial charge in [-0.05, 0) is 25.5 Å². The standard InChI is InChI=1S/C6H9NO3S/c1-4-3-5(2)7-6(4)11(8,9)10/h3,7H,1-2H3,(H,8,9,10). The highest BCUT2D eigenvalue weighted by Gasteiger charge is 2.14. The number of hydrogen-bond acceptors (Lipinski definition) is 2. The molecule has 0 aliphatic carbocycles. The zero-order valence-electron chi connectivity index (χ0n) is 6.25. The average molecular weight is 175 g/mol. The Bertz CT molecular complexity index is 363. The molecule has 1 aromatic heterocycles. The van der Waals surface area contributed by atoms with E-state index in [4.69, 9.17) is 4.55 Å². The summed E-state index contributed by atoms with van der Waals surface area (Å²) in [6.45, 7) is 3.34. The summed E-state index contributed by atoms with van der Waals surface area (Å²) in [7, 11) is -4.07. The van der Waals surface area contributed by atoms with Gasteiger partial charge in [-0.15, -0.1) is 0 Å². The second-order valence-electron chi connectivity index (χ2n) is 2.44. The van der Waals surface area contributed by atoms with Crippen molar-refractivity contribution in [2.75, 3.05) is 0 Å². The van der Waals surface area contributed by atoms with Crippen LogP contribution in [0, 0.1) is 13.8 Å². The normalized spacial score (nSPS) is 11.9. The van der Waals surface area contributed by atoms with Crippen LogP contribution in [-0.4, -0.2) is 18.0 Å². The quantitative estimate of drug-likeness (QED) is 0.622. The molecule has 0 radical (unpaired) electrons. The van der Waals surface area contributed by atoms with Gasteiger partial charge in [-0.25, -0.2) is 0 Å². The lowest BCUT2D eigenvalue weighted by Crippen LogP contribution is -1.99. The minimum Gasteiger partial charge on any atom is -0.348 e. The molecule has 4 nitrogen and oxygen atoms in total. The molecule has 11 heavy (non-hydrogen) atoms. The maximum absolute atomic E-state index is 10.6. The van der Waals surface area contributed by atoms with Gasteiger partial charge in [0.15, 0.2) is 5.03 Å². The van der Waals surface area contributed by atoms with Gasteiger partial charge >= 0.3 is 10.1 Å². The first-order chi connectivity index (χ1) is 4.91. The molecular weight excluding hydrogens is 166 g/mol. The third-order valence-electron chi connectivity index (χ3n) is 1.36. The van der Waals surface area contributed by atoms with Crippen molar-refractivity contribution in [3.05, 3.63) is 17.3 Å². The number of aryl methyl sites for hydroxylation is 2. The summed E-state index contributed by atoms with van der Waals surface area (Å²) in [5.41, 5.74) is 1.25. The Kier molecular flexibility index (Phi) is 1.77. The molecule has 1 aromatic rings. The summed E-state index contributed by atoms with van der Waals surface area (Å²) >= 11 is 0. The Balaban J connectivity index is 3.36. The van der Waals surface area contributed by atoms with E-state index in [1.165, 1.54) is 0 Å². The van der Waals surface area contributed by atoms with Crippen molar-refractivity contribution in [3.63, 3.8) is 0 Å². The lowest BCUT2D eigenvalue weighted by molar-refractivity contribution is 0.479. The third kappa shape index (κ3) is 1.61. The summed E-state index contributed by atoms with van der Waals surface area (Å²) < 4.78 is 29.8. The summed E-state index contributed by atoms with van der Waals surface area (Å²) in [6.07, 6.45) is 0. The van der Waals surface area contributed by atoms with Gasteiger partial charge in [0.2, 0.25) is 0 Å². The van der Waals surface area contributed by atoms with E-state index in [0.717, 1.165) is 5.69 Å². The monoisotopic (exact) mass is 175 g/mol. The van der Waals surface area contributed by atoms with Crippen molar-refractivity contribution in [3.8, 4) is 0 Å². The molecule has 2 N–H and O–H groups in total. The first-order valence-corrected chi connectivity index (χ1v) is 4.49. The average Bonchev–Trinajstić information content (AvgIpc) is 2.08. The van der Waals surface area contributed by atoms with Crippen LogP contribution >= 0.6 is 0 Å². The summed E-state index contributed by atoms with van der Waals surface area (Å²) in [5, 5.41) is -0.116. The Morgan fingerprint density at radius 1 is 1.45 bits per heavy atom. The smallest absolute Gasteiger partial charge is 0.310 e. The number of nitrogens with one attached hydrogen (secondary N) is 1. The molecule has 0 spiro atoms. The second kappa shape index (κ2) is 2.35. The van der Waals surface area contributed by atoms with Crippen molar-refractivity contribution in [2.45, 2.75) is 18.9 Å². The van der Waals surface area contributed by atoms with Crippen LogP contribution in [0.3, 0.4) is 0 Å². The molecule has 0 aliphatic rings. The third-order valence-corrected chi connectivity index (χ3v) is 2.30. The number of aromatic amines is 1. The van der Waals surface area contributed by atoms with Gasteiger partial charge < -0.3 is 4.98 Å². The molecule has 1 rings (SSSR count). The molecular formula is C6H9NO3S. The minimum absolute atomic E-state index is 0.116. The van der Waals surface area contributed by atoms with Crippen LogP contribution in [0.4, 0.5) is 0 Å². The van der Waals surface area contributed by atoms with Gasteiger partial charge in [-0.2, -0.15) is 8.42 Å². The SMILES string of the molecule is Cc1cc(C)c(S(=O)(=O)O)[nH]1. The molecule has 0 unspecified atom stereocenters. The van der Waals surface area contributed by atoms with E-state index in [1.54, 1.807) is 19.9 Å². The van der Waals surface area contributed by atoms with Crippen molar-refractivity contribution in [2.24, 2.45) is 0 Å². The Morgan fingerprint density at radius 2 is 2.00 bits per heavy atom. The molecule has 62 valence electrons. The first-order valence-electron chi connectivity index (χ1n) is 3.05. The number of aromatic nitrogens is 1. The van der Waals surface area contributed by atoms with E-state index < -0.39 is 10.1 Å². The van der Waals surface area contributed by atoms with Crippen LogP contribution in [0.15, 0.2) is 11.1 Å². The van der Waals surface area contributed by atoms with Gasteiger partial charge in [0, 0.05) is 5.69 Å². The van der Waals surface area contributed by atoms with Gasteiger partial charge in [0.05, 0.1) is 0 Å². The Hall–Kier alpha value is -0.810. The molecule has 1 heterocycles. The molecule has 0 saturated heterocycles. The molecule has 0 aliphatic heterocycles. The highest BCUT2D eigenvalue weighted by Crippen LogP contribution is 2.13. The van der Waals surface area contributed by atoms with Crippen molar-refractivity contribution in [1.29, 1.82) is 0 Å². The zero-order valence-corrected chi connectivity index (χ0v) is 7.07. The van der Waals surface area contributed by atoms with Gasteiger partial charge in [0.25, 0.3) is 0 Å². The van der Waals surface area contributed by atoms with Crippen molar-refractivity contribution in [1.82, 2.24) is 4.98 Å². The predicted octanol–water partition coefficient (Wildman–Crippen LogP) is 0.878. The molecule has 0 atom stereocenters. The van der Waals surface area contributed by atoms with E-state index in [0.29, 0.717) is 5.56 Å². The van der Waals surface area contributed by atoms with E-state index in [9.17, 15) is 8.42 Å². The molecule has 5 heteroatoms. The van der Waals surface area contributed by atoms with Crippen LogP contribution in [-0.2, 0) is 10.1 Å². The fourth-order valence-corrected chi connectivity index (χ4v) is 1.73. The minimum atomic E-state index is -4.07. The van der Waals surface area contributed by atoms with E-state index in [-0.39, 0.29) is 5.03 Å². The first kappa shape index (κ1) is 8.29. The lowest BCUT2D eigenvalue weighted by atomic mass is 10.3. The fraction of sp³-hybridized carbons (Fsp3) is 0.333. The number of rotatable bonds is 1. The van der Waals surface area contributed by atoms with Gasteiger partial charge in [0.1, 0.15) is 0 Å². The molecule has 0 fully saturated rings. The molecule has 0 aromatic carbocycles. The summed E-state index contributed by atoms with van der Waals surface area (Å²) in [5.74, 6) is 0. The maximum atomic E-state index is 10.6. The zero-order chi connectivity index (χ0) is 8.65. The maximum Gasteiger partial charge on any atom is 0.310 e. The molecule has 0 amide bonds.